The van der Waals surface area contributed by atoms with Gasteiger partial charge >= 0.3 is 0 Å². The van der Waals surface area contributed by atoms with Crippen LogP contribution in [-0.2, 0) is 26.1 Å². The molecule has 0 atom stereocenters. The molecule has 2 heterocycles. The first kappa shape index (κ1) is 36.5. The topological polar surface area (TPSA) is 253 Å². The van der Waals surface area contributed by atoms with Crippen molar-refractivity contribution in [1.82, 2.24) is 19.9 Å². The van der Waals surface area contributed by atoms with Gasteiger partial charge in [-0.1, -0.05) is 0 Å². The number of sulfone groups is 2. The second-order valence-electron chi connectivity index (χ2n) is 10.8. The largest absolute Gasteiger partial charge is 0.369 e. The number of rotatable bonds is 13. The maximum absolute atomic E-state index is 14.1. The number of H-pyrrole nitrogens is 1. The van der Waals surface area contributed by atoms with Crippen LogP contribution in [0.5, 0.6) is 0 Å². The molecular weight excluding hydrogens is 774 g/mol. The summed E-state index contributed by atoms with van der Waals surface area (Å²) in [6.45, 7) is 0.541. The Morgan fingerprint density at radius 2 is 1.49 bits per heavy atom. The lowest BCUT2D eigenvalue weighted by Gasteiger charge is -2.24. The molecule has 0 saturated heterocycles. The van der Waals surface area contributed by atoms with Gasteiger partial charge in [-0.2, -0.15) is 4.98 Å². The van der Waals surface area contributed by atoms with E-state index in [-0.39, 0.29) is 22.9 Å². The lowest BCUT2D eigenvalue weighted by atomic mass is 10.1. The van der Waals surface area contributed by atoms with Gasteiger partial charge in [0.15, 0.2) is 19.7 Å². The maximum atomic E-state index is 14.1. The van der Waals surface area contributed by atoms with E-state index >= 15 is 0 Å². The quantitative estimate of drug-likeness (QED) is 0.105. The number of nitro benzene ring substituents is 2. The van der Waals surface area contributed by atoms with Gasteiger partial charge in [0, 0.05) is 72.6 Å². The smallest absolute Gasteiger partial charge is 0.290 e. The molecule has 18 nitrogen and oxygen atoms in total. The minimum Gasteiger partial charge on any atom is -0.369 e. The third-order valence-electron chi connectivity index (χ3n) is 7.17. The van der Waals surface area contributed by atoms with Gasteiger partial charge in [-0.15, -0.1) is 0 Å². The van der Waals surface area contributed by atoms with Crippen LogP contribution in [0.1, 0.15) is 16.1 Å². The van der Waals surface area contributed by atoms with Gasteiger partial charge in [-0.3, -0.25) is 29.9 Å². The summed E-state index contributed by atoms with van der Waals surface area (Å²) in [5, 5.41) is 30.0. The summed E-state index contributed by atoms with van der Waals surface area (Å²) in [5.74, 6) is -0.217. The van der Waals surface area contributed by atoms with Crippen molar-refractivity contribution in [2.75, 3.05) is 34.6 Å². The maximum Gasteiger partial charge on any atom is 0.290 e. The Labute approximate surface area is 298 Å². The van der Waals surface area contributed by atoms with E-state index < -0.39 is 56.6 Å². The van der Waals surface area contributed by atoms with Gasteiger partial charge in [0.25, 0.3) is 17.3 Å². The van der Waals surface area contributed by atoms with Crippen LogP contribution in [0.3, 0.4) is 0 Å². The minimum atomic E-state index is -4.06. The van der Waals surface area contributed by atoms with Crippen LogP contribution in [0.2, 0.25) is 0 Å². The zero-order valence-electron chi connectivity index (χ0n) is 26.5. The van der Waals surface area contributed by atoms with Gasteiger partial charge in [-0.05, 0) is 64.5 Å². The van der Waals surface area contributed by atoms with E-state index in [1.54, 1.807) is 30.9 Å². The van der Waals surface area contributed by atoms with Gasteiger partial charge in [0.1, 0.15) is 15.6 Å². The molecule has 1 amide bonds. The summed E-state index contributed by atoms with van der Waals surface area (Å²) in [7, 11) is -8.11. The zero-order chi connectivity index (χ0) is 37.1. The van der Waals surface area contributed by atoms with E-state index in [4.69, 9.17) is 0 Å². The van der Waals surface area contributed by atoms with E-state index in [9.17, 15) is 41.9 Å². The number of nitrogens with one attached hydrogen (secondary N) is 3. The standard InChI is InChI=1S/C30H26BrN9O9S2/c1-50(46,47)26-9-3-18(13-24(26)39(42)43)29(41)38(22-8-10-27(51(2,48)49)25(14-22)40(44)45)21-6-4-19(5-7-21)36-30-34-16-23(31)28(37-30)33-12-11-20-15-32-17-35-20/h3-10,13-17H,11-12H2,1-2H3,(H,32,35)(H2,33,34,36,37). The van der Waals surface area contributed by atoms with E-state index in [1.807, 2.05) is 0 Å². The van der Waals surface area contributed by atoms with Crippen molar-refractivity contribution >= 4 is 81.7 Å². The molecule has 21 heteroatoms. The molecule has 2 aromatic heterocycles. The van der Waals surface area contributed by atoms with Crippen molar-refractivity contribution < 1.29 is 31.5 Å². The Bertz CT molecular complexity index is 2370. The Morgan fingerprint density at radius 1 is 0.882 bits per heavy atom. The monoisotopic (exact) mass is 799 g/mol. The highest BCUT2D eigenvalue weighted by molar-refractivity contribution is 9.10. The number of nitro groups is 2. The van der Waals surface area contributed by atoms with Gasteiger partial charge in [-0.25, -0.2) is 26.8 Å². The lowest BCUT2D eigenvalue weighted by Crippen LogP contribution is -2.26. The molecule has 0 unspecified atom stereocenters. The van der Waals surface area contributed by atoms with Crippen LogP contribution in [0.25, 0.3) is 0 Å². The van der Waals surface area contributed by atoms with E-state index in [0.717, 1.165) is 53.4 Å². The molecule has 3 aromatic carbocycles. The van der Waals surface area contributed by atoms with E-state index in [1.165, 1.54) is 18.2 Å². The van der Waals surface area contributed by atoms with E-state index in [0.29, 0.717) is 28.9 Å². The first-order valence-electron chi connectivity index (χ1n) is 14.4. The van der Waals surface area contributed by atoms with Crippen LogP contribution in [0.4, 0.5) is 40.2 Å². The summed E-state index contributed by atoms with van der Waals surface area (Å²) < 4.78 is 49.5. The number of nitrogens with zero attached hydrogens (tertiary/aromatic N) is 6. The number of carbonyl (C=O) groups excluding carboxylic acids is 1. The second-order valence-corrected chi connectivity index (χ2v) is 15.7. The highest BCUT2D eigenvalue weighted by Crippen LogP contribution is 2.36. The zero-order valence-corrected chi connectivity index (χ0v) is 29.7. The number of aromatic amines is 1. The minimum absolute atomic E-state index is 0.111. The highest BCUT2D eigenvalue weighted by atomic mass is 79.9. The number of imidazole rings is 1. The molecule has 0 aliphatic heterocycles. The molecule has 3 N–H and O–H groups in total. The average molecular weight is 801 g/mol. The van der Waals surface area contributed by atoms with E-state index in [2.05, 4.69) is 46.5 Å². The van der Waals surface area contributed by atoms with Crippen molar-refractivity contribution in [2.45, 2.75) is 16.2 Å². The van der Waals surface area contributed by atoms with Crippen molar-refractivity contribution in [1.29, 1.82) is 0 Å². The number of benzene rings is 3. The van der Waals surface area contributed by atoms with Crippen LogP contribution in [-0.4, -0.2) is 71.6 Å². The van der Waals surface area contributed by atoms with Crippen LogP contribution in [0.15, 0.2) is 93.6 Å². The molecule has 5 aromatic rings. The molecule has 0 spiro atoms. The molecule has 5 rings (SSSR count). The Balaban J connectivity index is 1.51. The first-order chi connectivity index (χ1) is 24.0. The number of anilines is 5. The predicted molar refractivity (Wildman–Crippen MR) is 189 cm³/mol. The van der Waals surface area contributed by atoms with Crippen molar-refractivity contribution in [3.63, 3.8) is 0 Å². The lowest BCUT2D eigenvalue weighted by molar-refractivity contribution is -0.388. The number of amides is 1. The molecule has 0 aliphatic carbocycles. The third kappa shape index (κ3) is 8.51. The van der Waals surface area contributed by atoms with Crippen molar-refractivity contribution in [2.24, 2.45) is 0 Å². The summed E-state index contributed by atoms with van der Waals surface area (Å²) in [6, 6.07) is 11.8. The molecular formula is C30H26BrN9O9S2. The van der Waals surface area contributed by atoms with Gasteiger partial charge in [0.2, 0.25) is 5.95 Å². The summed E-state index contributed by atoms with van der Waals surface area (Å²) in [6.07, 6.45) is 7.07. The number of hydrogen-bond acceptors (Lipinski definition) is 14. The number of hydrogen-bond donors (Lipinski definition) is 3. The van der Waals surface area contributed by atoms with Gasteiger partial charge in [0.05, 0.1) is 26.3 Å². The number of aromatic nitrogens is 4. The molecule has 51 heavy (non-hydrogen) atoms. The molecule has 0 radical (unpaired) electrons. The SMILES string of the molecule is CS(=O)(=O)c1ccc(C(=O)N(c2ccc(Nc3ncc(Br)c(NCCc4cnc[nH]4)n3)cc2)c2ccc(S(C)(=O)=O)c([N+](=O)[O-])c2)cc1[N+](=O)[O-]. The molecule has 0 bridgehead atoms. The molecule has 0 aliphatic rings. The highest BCUT2D eigenvalue weighted by Gasteiger charge is 2.30. The number of carbonyl (C=O) groups is 1. The Morgan fingerprint density at radius 3 is 2.08 bits per heavy atom. The molecule has 264 valence electrons. The average Bonchev–Trinajstić information content (AvgIpc) is 3.59. The third-order valence-corrected chi connectivity index (χ3v) is 10.0. The van der Waals surface area contributed by atoms with Crippen LogP contribution in [0, 0.1) is 20.2 Å². The fourth-order valence-electron chi connectivity index (χ4n) is 4.83. The molecule has 0 saturated carbocycles. The van der Waals surface area contributed by atoms with Crippen LogP contribution >= 0.6 is 15.9 Å². The predicted octanol–water partition coefficient (Wildman–Crippen LogP) is 4.96. The Hall–Kier alpha value is -5.80. The fraction of sp³-hybridized carbons (Fsp3) is 0.133. The second kappa shape index (κ2) is 14.6. The van der Waals surface area contributed by atoms with Crippen LogP contribution < -0.4 is 15.5 Å². The summed E-state index contributed by atoms with van der Waals surface area (Å²) >= 11 is 3.41. The number of halogens is 1. The van der Waals surface area contributed by atoms with Crippen molar-refractivity contribution in [3.8, 4) is 0 Å². The fourth-order valence-corrected chi connectivity index (χ4v) is 6.82. The Kier molecular flexibility index (Phi) is 10.4. The summed E-state index contributed by atoms with van der Waals surface area (Å²) in [4.78, 5) is 51.4. The summed E-state index contributed by atoms with van der Waals surface area (Å²) in [5.41, 5.74) is -0.651. The first-order valence-corrected chi connectivity index (χ1v) is 19.0. The molecule has 0 fully saturated rings. The van der Waals surface area contributed by atoms with Gasteiger partial charge < -0.3 is 15.6 Å². The normalized spacial score (nSPS) is 11.5. The van der Waals surface area contributed by atoms with Crippen molar-refractivity contribution in [3.05, 3.63) is 115 Å².